The fourth-order valence-corrected chi connectivity index (χ4v) is 4.48. The summed E-state index contributed by atoms with van der Waals surface area (Å²) in [4.78, 5) is 0. The summed E-state index contributed by atoms with van der Waals surface area (Å²) < 4.78 is 5.33. The van der Waals surface area contributed by atoms with Gasteiger partial charge in [-0.1, -0.05) is 43.7 Å². The number of nitrogens with one attached hydrogen (secondary N) is 1. The molecule has 1 saturated carbocycles. The van der Waals surface area contributed by atoms with Crippen LogP contribution in [0, 0.1) is 11.8 Å². The van der Waals surface area contributed by atoms with Gasteiger partial charge in [-0.3, -0.25) is 0 Å². The zero-order valence-electron chi connectivity index (χ0n) is 15.8. The van der Waals surface area contributed by atoms with Crippen molar-refractivity contribution in [1.29, 1.82) is 0 Å². The molecule has 1 N–H and O–H groups in total. The number of nitrogens with zero attached hydrogens (tertiary/aromatic N) is 2. The summed E-state index contributed by atoms with van der Waals surface area (Å²) in [5, 5.41) is 11.0. The van der Waals surface area contributed by atoms with Gasteiger partial charge in [0.2, 0.25) is 0 Å². The normalized spacial score (nSPS) is 24.1. The minimum Gasteiger partial charge on any atom is -0.497 e. The van der Waals surface area contributed by atoms with Crippen molar-refractivity contribution in [3.63, 3.8) is 0 Å². The maximum atomic E-state index is 5.77. The van der Waals surface area contributed by atoms with E-state index in [4.69, 9.17) is 22.1 Å². The Hall–Kier alpha value is -2.40. The maximum Gasteiger partial charge on any atom is 0.194 e. The molecule has 1 aliphatic carbocycles. The highest BCUT2D eigenvalue weighted by Gasteiger charge is 2.43. The van der Waals surface area contributed by atoms with Crippen molar-refractivity contribution >= 4 is 28.7 Å². The van der Waals surface area contributed by atoms with Crippen LogP contribution in [-0.2, 0) is 0 Å². The molecule has 2 aliphatic rings. The Labute approximate surface area is 166 Å². The number of para-hydroxylation sites is 1. The number of hydrogen-bond donors (Lipinski definition) is 1. The third-order valence-corrected chi connectivity index (χ3v) is 5.88. The van der Waals surface area contributed by atoms with Gasteiger partial charge in [-0.2, -0.15) is 5.10 Å². The molecule has 3 atom stereocenters. The molecule has 2 aromatic rings. The van der Waals surface area contributed by atoms with Crippen LogP contribution in [0.3, 0.4) is 0 Å². The first-order valence-electron chi connectivity index (χ1n) is 9.55. The minimum atomic E-state index is 0.136. The van der Waals surface area contributed by atoms with E-state index < -0.39 is 0 Å². The average Bonchev–Trinajstić information content (AvgIpc) is 3.10. The molecule has 0 amide bonds. The fraction of sp³-hybridized carbons (Fsp3) is 0.364. The van der Waals surface area contributed by atoms with Gasteiger partial charge in [-0.25, -0.2) is 5.01 Å². The molecule has 0 aromatic heterocycles. The van der Waals surface area contributed by atoms with Crippen LogP contribution in [0.15, 0.2) is 59.7 Å². The van der Waals surface area contributed by atoms with Crippen LogP contribution in [0.1, 0.15) is 37.8 Å². The molecule has 0 bridgehead atoms. The number of benzene rings is 2. The largest absolute Gasteiger partial charge is 0.497 e. The van der Waals surface area contributed by atoms with E-state index in [0.717, 1.165) is 17.9 Å². The number of methoxy groups -OCH3 is 1. The first-order chi connectivity index (χ1) is 13.2. The summed E-state index contributed by atoms with van der Waals surface area (Å²) >= 11 is 5.77. The van der Waals surface area contributed by atoms with E-state index in [2.05, 4.69) is 24.4 Å². The predicted molar refractivity (Wildman–Crippen MR) is 114 cm³/mol. The maximum absolute atomic E-state index is 5.77. The molecule has 0 spiro atoms. The molecular formula is C22H25N3OS. The Morgan fingerprint density at radius 1 is 1.11 bits per heavy atom. The lowest BCUT2D eigenvalue weighted by Crippen LogP contribution is -2.35. The number of ether oxygens (including phenoxy) is 1. The lowest BCUT2D eigenvalue weighted by atomic mass is 9.76. The number of anilines is 1. The van der Waals surface area contributed by atoms with Gasteiger partial charge >= 0.3 is 0 Å². The standard InChI is InChI=1S/C22H25N3OS/c1-15-7-6-10-19-20(15)24-25(22(27)23-17-8-4-3-5-9-17)21(19)16-11-13-18(26-2)14-12-16/h3-5,8-9,11-15,19,21H,6-7,10H2,1-2H3,(H,23,27)/t15?,19-,21-/m0/s1. The highest BCUT2D eigenvalue weighted by atomic mass is 32.1. The Morgan fingerprint density at radius 3 is 2.56 bits per heavy atom. The molecule has 27 heavy (non-hydrogen) atoms. The Balaban J connectivity index is 1.66. The van der Waals surface area contributed by atoms with Gasteiger partial charge in [-0.15, -0.1) is 0 Å². The van der Waals surface area contributed by atoms with Crippen LogP contribution in [0.5, 0.6) is 5.75 Å². The van der Waals surface area contributed by atoms with E-state index in [0.29, 0.717) is 16.9 Å². The molecule has 2 aromatic carbocycles. The Kier molecular flexibility index (Phi) is 5.12. The highest BCUT2D eigenvalue weighted by Crippen LogP contribution is 2.44. The third kappa shape index (κ3) is 3.56. The highest BCUT2D eigenvalue weighted by molar-refractivity contribution is 7.80. The second kappa shape index (κ2) is 7.69. The molecule has 5 heteroatoms. The summed E-state index contributed by atoms with van der Waals surface area (Å²) in [6, 6.07) is 18.5. The molecular weight excluding hydrogens is 354 g/mol. The van der Waals surface area contributed by atoms with Gasteiger partial charge < -0.3 is 10.1 Å². The van der Waals surface area contributed by atoms with Gasteiger partial charge in [0.15, 0.2) is 5.11 Å². The van der Waals surface area contributed by atoms with Crippen molar-refractivity contribution in [2.45, 2.75) is 32.2 Å². The van der Waals surface area contributed by atoms with Crippen LogP contribution in [0.25, 0.3) is 0 Å². The summed E-state index contributed by atoms with van der Waals surface area (Å²) in [7, 11) is 1.69. The van der Waals surface area contributed by atoms with Crippen LogP contribution in [0.4, 0.5) is 5.69 Å². The summed E-state index contributed by atoms with van der Waals surface area (Å²) in [6.07, 6.45) is 3.60. The number of fused-ring (bicyclic) bond motifs is 1. The van der Waals surface area contributed by atoms with Crippen molar-refractivity contribution < 1.29 is 4.74 Å². The number of hydrazone groups is 1. The van der Waals surface area contributed by atoms with Crippen LogP contribution in [0.2, 0.25) is 0 Å². The van der Waals surface area contributed by atoms with E-state index in [-0.39, 0.29) is 6.04 Å². The topological polar surface area (TPSA) is 36.9 Å². The zero-order chi connectivity index (χ0) is 18.8. The van der Waals surface area contributed by atoms with Gasteiger partial charge in [0.05, 0.1) is 13.2 Å². The van der Waals surface area contributed by atoms with Gasteiger partial charge in [-0.05, 0) is 60.8 Å². The molecule has 4 rings (SSSR count). The molecule has 1 heterocycles. The van der Waals surface area contributed by atoms with Crippen molar-refractivity contribution in [2.24, 2.45) is 16.9 Å². The van der Waals surface area contributed by atoms with E-state index in [1.807, 2.05) is 47.5 Å². The van der Waals surface area contributed by atoms with E-state index in [9.17, 15) is 0 Å². The van der Waals surface area contributed by atoms with Crippen molar-refractivity contribution in [2.75, 3.05) is 12.4 Å². The summed E-state index contributed by atoms with van der Waals surface area (Å²) in [6.45, 7) is 2.28. The van der Waals surface area contributed by atoms with Crippen molar-refractivity contribution in [3.8, 4) is 5.75 Å². The van der Waals surface area contributed by atoms with Crippen LogP contribution < -0.4 is 10.1 Å². The molecule has 4 nitrogen and oxygen atoms in total. The molecule has 140 valence electrons. The Bertz CT molecular complexity index is 834. The number of thiocarbonyl (C=S) groups is 1. The quantitative estimate of drug-likeness (QED) is 0.740. The molecule has 1 aliphatic heterocycles. The molecule has 1 unspecified atom stereocenters. The summed E-state index contributed by atoms with van der Waals surface area (Å²) in [5.74, 6) is 1.79. The van der Waals surface area contributed by atoms with E-state index >= 15 is 0 Å². The average molecular weight is 380 g/mol. The fourth-order valence-electron chi connectivity index (χ4n) is 4.20. The van der Waals surface area contributed by atoms with Gasteiger partial charge in [0.1, 0.15) is 5.75 Å². The van der Waals surface area contributed by atoms with Crippen LogP contribution in [-0.4, -0.2) is 22.9 Å². The Morgan fingerprint density at radius 2 is 1.85 bits per heavy atom. The van der Waals surface area contributed by atoms with Crippen molar-refractivity contribution in [1.82, 2.24) is 5.01 Å². The second-order valence-corrected chi connectivity index (χ2v) is 7.71. The number of rotatable bonds is 3. The monoisotopic (exact) mass is 379 g/mol. The first-order valence-corrected chi connectivity index (χ1v) is 9.96. The lowest BCUT2D eigenvalue weighted by Gasteiger charge is -2.31. The smallest absolute Gasteiger partial charge is 0.194 e. The van der Waals surface area contributed by atoms with Crippen LogP contribution >= 0.6 is 12.2 Å². The van der Waals surface area contributed by atoms with E-state index in [1.54, 1.807) is 7.11 Å². The predicted octanol–water partition coefficient (Wildman–Crippen LogP) is 5.24. The third-order valence-electron chi connectivity index (χ3n) is 5.60. The molecule has 1 fully saturated rings. The zero-order valence-corrected chi connectivity index (χ0v) is 16.6. The number of hydrogen-bond acceptors (Lipinski definition) is 3. The van der Waals surface area contributed by atoms with Crippen molar-refractivity contribution in [3.05, 3.63) is 60.2 Å². The van der Waals surface area contributed by atoms with Gasteiger partial charge in [0, 0.05) is 17.3 Å². The minimum absolute atomic E-state index is 0.136. The SMILES string of the molecule is COc1ccc([C@H]2[C@H]3CCCC(C)C3=NN2C(=S)Nc2ccccc2)cc1. The second-order valence-electron chi connectivity index (χ2n) is 7.32. The molecule has 0 saturated heterocycles. The molecule has 0 radical (unpaired) electrons. The van der Waals surface area contributed by atoms with E-state index in [1.165, 1.54) is 24.1 Å². The summed E-state index contributed by atoms with van der Waals surface area (Å²) in [5.41, 5.74) is 3.50. The first kappa shape index (κ1) is 18.0. The lowest BCUT2D eigenvalue weighted by molar-refractivity contribution is 0.299. The van der Waals surface area contributed by atoms with Gasteiger partial charge in [0.25, 0.3) is 0 Å².